The molecule has 0 fully saturated rings. The largest absolute Gasteiger partial charge is 0.324 e. The second-order valence-electron chi connectivity index (χ2n) is 7.26. The minimum Gasteiger partial charge on any atom is -0.324 e. The van der Waals surface area contributed by atoms with E-state index in [4.69, 9.17) is 0 Å². The van der Waals surface area contributed by atoms with Crippen molar-refractivity contribution in [2.24, 2.45) is 5.92 Å². The molecule has 3 N–H and O–H groups in total. The van der Waals surface area contributed by atoms with Gasteiger partial charge in [0.25, 0.3) is 11.5 Å². The zero-order valence-electron chi connectivity index (χ0n) is 16.1. The summed E-state index contributed by atoms with van der Waals surface area (Å²) < 4.78 is 0.817. The lowest BCUT2D eigenvalue weighted by molar-refractivity contribution is -0.116. The molecule has 30 heavy (non-hydrogen) atoms. The number of halogens is 1. The number of amides is 2. The molecule has 2 aromatic carbocycles. The lowest BCUT2D eigenvalue weighted by atomic mass is 10.0. The third-order valence-electron chi connectivity index (χ3n) is 5.06. The molecule has 1 aromatic heterocycles. The first-order valence-electron chi connectivity index (χ1n) is 9.69. The lowest BCUT2D eigenvalue weighted by Crippen LogP contribution is -2.21. The maximum absolute atomic E-state index is 12.8. The maximum Gasteiger partial charge on any atom is 0.272 e. The molecule has 2 amide bonds. The number of carbonyl (C=O) groups is 2. The number of nitrogens with one attached hydrogen (secondary N) is 3. The van der Waals surface area contributed by atoms with E-state index >= 15 is 0 Å². The van der Waals surface area contributed by atoms with Crippen LogP contribution >= 0.6 is 15.9 Å². The SMILES string of the molecule is O=C(CC1C=CCC1)Nc1ccccc1NC(=O)c1cc2cc(Br)ccc2c(=O)[nH]1. The third kappa shape index (κ3) is 4.52. The van der Waals surface area contributed by atoms with Gasteiger partial charge in [-0.1, -0.05) is 40.2 Å². The Balaban J connectivity index is 1.53. The van der Waals surface area contributed by atoms with Crippen molar-refractivity contribution in [1.82, 2.24) is 4.98 Å². The molecule has 152 valence electrons. The summed E-state index contributed by atoms with van der Waals surface area (Å²) in [5.41, 5.74) is 0.788. The zero-order valence-corrected chi connectivity index (χ0v) is 17.7. The number of rotatable bonds is 5. The van der Waals surface area contributed by atoms with Gasteiger partial charge in [-0.2, -0.15) is 0 Å². The number of allylic oxidation sites excluding steroid dienone is 2. The summed E-state index contributed by atoms with van der Waals surface area (Å²) in [5.74, 6) is -0.305. The number of pyridine rings is 1. The highest BCUT2D eigenvalue weighted by molar-refractivity contribution is 9.10. The van der Waals surface area contributed by atoms with E-state index in [0.29, 0.717) is 28.6 Å². The summed E-state index contributed by atoms with van der Waals surface area (Å²) in [6.45, 7) is 0. The molecule has 0 spiro atoms. The highest BCUT2D eigenvalue weighted by Gasteiger charge is 2.16. The number of fused-ring (bicyclic) bond motifs is 1. The second kappa shape index (κ2) is 8.67. The van der Waals surface area contributed by atoms with E-state index < -0.39 is 5.91 Å². The molecular weight excluding hydrogens is 446 g/mol. The molecule has 3 aromatic rings. The molecule has 1 atom stereocenters. The van der Waals surface area contributed by atoms with Gasteiger partial charge in [0.05, 0.1) is 11.4 Å². The van der Waals surface area contributed by atoms with Crippen LogP contribution < -0.4 is 16.2 Å². The molecule has 1 aliphatic carbocycles. The Kier molecular flexibility index (Phi) is 5.81. The average Bonchev–Trinajstić information content (AvgIpc) is 3.21. The van der Waals surface area contributed by atoms with Gasteiger partial charge in [-0.15, -0.1) is 0 Å². The van der Waals surface area contributed by atoms with E-state index in [-0.39, 0.29) is 23.1 Å². The van der Waals surface area contributed by atoms with Crippen molar-refractivity contribution in [3.8, 4) is 0 Å². The summed E-state index contributed by atoms with van der Waals surface area (Å²) in [6.07, 6.45) is 6.56. The molecule has 1 unspecified atom stereocenters. The zero-order chi connectivity index (χ0) is 21.1. The van der Waals surface area contributed by atoms with E-state index in [9.17, 15) is 14.4 Å². The van der Waals surface area contributed by atoms with Crippen LogP contribution in [-0.2, 0) is 4.79 Å². The summed E-state index contributed by atoms with van der Waals surface area (Å²) >= 11 is 3.38. The topological polar surface area (TPSA) is 91.1 Å². The molecule has 1 heterocycles. The van der Waals surface area contributed by atoms with Crippen LogP contribution in [0, 0.1) is 5.92 Å². The van der Waals surface area contributed by atoms with Crippen LogP contribution in [0.25, 0.3) is 10.8 Å². The predicted octanol–water partition coefficient (Wildman–Crippen LogP) is 4.84. The Morgan fingerprint density at radius 2 is 1.83 bits per heavy atom. The minimum absolute atomic E-state index is 0.0998. The van der Waals surface area contributed by atoms with Gasteiger partial charge >= 0.3 is 0 Å². The van der Waals surface area contributed by atoms with E-state index in [2.05, 4.69) is 43.7 Å². The smallest absolute Gasteiger partial charge is 0.272 e. The third-order valence-corrected chi connectivity index (χ3v) is 5.55. The van der Waals surface area contributed by atoms with Gasteiger partial charge in [0, 0.05) is 16.3 Å². The van der Waals surface area contributed by atoms with Crippen LogP contribution in [0.5, 0.6) is 0 Å². The number of carbonyl (C=O) groups excluding carboxylic acids is 2. The summed E-state index contributed by atoms with van der Waals surface area (Å²) in [7, 11) is 0. The second-order valence-corrected chi connectivity index (χ2v) is 8.18. The number of hydrogen-bond donors (Lipinski definition) is 3. The van der Waals surface area contributed by atoms with Gasteiger partial charge in [0.15, 0.2) is 0 Å². The normalized spacial score (nSPS) is 15.3. The van der Waals surface area contributed by atoms with Gasteiger partial charge in [-0.3, -0.25) is 14.4 Å². The Labute approximate surface area is 181 Å². The summed E-state index contributed by atoms with van der Waals surface area (Å²) in [6, 6.07) is 13.9. The number of H-pyrrole nitrogens is 1. The monoisotopic (exact) mass is 465 g/mol. The number of hydrogen-bond acceptors (Lipinski definition) is 3. The fraction of sp³-hybridized carbons (Fsp3) is 0.174. The lowest BCUT2D eigenvalue weighted by Gasteiger charge is -2.14. The highest BCUT2D eigenvalue weighted by Crippen LogP contribution is 2.25. The summed E-state index contributed by atoms with van der Waals surface area (Å²) in [5, 5.41) is 6.82. The van der Waals surface area contributed by atoms with Crippen LogP contribution in [-0.4, -0.2) is 16.8 Å². The molecule has 4 rings (SSSR count). The van der Waals surface area contributed by atoms with E-state index in [0.717, 1.165) is 17.3 Å². The molecule has 7 heteroatoms. The molecule has 1 aliphatic rings. The number of aromatic amines is 1. The predicted molar refractivity (Wildman–Crippen MR) is 122 cm³/mol. The molecule has 0 aliphatic heterocycles. The first kappa shape index (κ1) is 20.1. The molecule has 0 saturated carbocycles. The minimum atomic E-state index is -0.464. The van der Waals surface area contributed by atoms with Crippen molar-refractivity contribution in [2.75, 3.05) is 10.6 Å². The van der Waals surface area contributed by atoms with Crippen LogP contribution in [0.4, 0.5) is 11.4 Å². The van der Waals surface area contributed by atoms with Crippen molar-refractivity contribution in [1.29, 1.82) is 0 Å². The van der Waals surface area contributed by atoms with Crippen LogP contribution in [0.15, 0.2) is 70.0 Å². The standard InChI is InChI=1S/C23H20BrN3O3/c24-16-9-10-17-15(12-16)13-20(27-22(17)29)23(30)26-19-8-4-3-7-18(19)25-21(28)11-14-5-1-2-6-14/h1,3-5,7-10,12-14H,2,6,11H2,(H,25,28)(H,26,30)(H,27,29). The van der Waals surface area contributed by atoms with Gasteiger partial charge in [-0.05, 0) is 60.5 Å². The van der Waals surface area contributed by atoms with Gasteiger partial charge in [0.1, 0.15) is 5.69 Å². The Hall–Kier alpha value is -3.19. The van der Waals surface area contributed by atoms with Crippen molar-refractivity contribution in [3.63, 3.8) is 0 Å². The van der Waals surface area contributed by atoms with Crippen LogP contribution in [0.2, 0.25) is 0 Å². The van der Waals surface area contributed by atoms with Crippen LogP contribution in [0.1, 0.15) is 29.8 Å². The van der Waals surface area contributed by atoms with Gasteiger partial charge < -0.3 is 15.6 Å². The van der Waals surface area contributed by atoms with Crippen molar-refractivity contribution in [3.05, 3.63) is 81.2 Å². The number of benzene rings is 2. The van der Waals surface area contributed by atoms with E-state index in [1.807, 2.05) is 0 Å². The molecule has 0 saturated heterocycles. The maximum atomic E-state index is 12.8. The molecular formula is C23H20BrN3O3. The van der Waals surface area contributed by atoms with E-state index in [1.165, 1.54) is 0 Å². The number of anilines is 2. The Bertz CT molecular complexity index is 1220. The van der Waals surface area contributed by atoms with Gasteiger partial charge in [-0.25, -0.2) is 0 Å². The average molecular weight is 466 g/mol. The fourth-order valence-corrected chi connectivity index (χ4v) is 3.94. The van der Waals surface area contributed by atoms with Crippen molar-refractivity contribution >= 4 is 49.9 Å². The summed E-state index contributed by atoms with van der Waals surface area (Å²) in [4.78, 5) is 40.1. The first-order chi connectivity index (χ1) is 14.5. The van der Waals surface area contributed by atoms with Gasteiger partial charge in [0.2, 0.25) is 5.91 Å². The van der Waals surface area contributed by atoms with Crippen molar-refractivity contribution < 1.29 is 9.59 Å². The molecule has 6 nitrogen and oxygen atoms in total. The first-order valence-corrected chi connectivity index (χ1v) is 10.5. The number of para-hydroxylation sites is 2. The quantitative estimate of drug-likeness (QED) is 0.470. The number of aromatic nitrogens is 1. The van der Waals surface area contributed by atoms with Crippen LogP contribution in [0.3, 0.4) is 0 Å². The molecule has 0 radical (unpaired) electrons. The molecule has 0 bridgehead atoms. The van der Waals surface area contributed by atoms with E-state index in [1.54, 1.807) is 48.5 Å². The van der Waals surface area contributed by atoms with Crippen molar-refractivity contribution in [2.45, 2.75) is 19.3 Å². The highest BCUT2D eigenvalue weighted by atomic mass is 79.9. The Morgan fingerprint density at radius 3 is 2.57 bits per heavy atom. The Morgan fingerprint density at radius 1 is 1.07 bits per heavy atom. The fourth-order valence-electron chi connectivity index (χ4n) is 3.56.